The van der Waals surface area contributed by atoms with Crippen LogP contribution in [-0.4, -0.2) is 6.04 Å². The summed E-state index contributed by atoms with van der Waals surface area (Å²) >= 11 is 0. The number of nitrogens with one attached hydrogen (secondary N) is 1. The molecule has 0 saturated heterocycles. The molecule has 2 atom stereocenters. The van der Waals surface area contributed by atoms with Crippen LogP contribution in [0.2, 0.25) is 0 Å². The lowest BCUT2D eigenvalue weighted by Crippen LogP contribution is -2.40. The third-order valence-corrected chi connectivity index (χ3v) is 4.45. The summed E-state index contributed by atoms with van der Waals surface area (Å²) in [6.45, 7) is 9.46. The van der Waals surface area contributed by atoms with Gasteiger partial charge in [-0.1, -0.05) is 64.4 Å². The minimum Gasteiger partial charge on any atom is -0.307 e. The van der Waals surface area contributed by atoms with Gasteiger partial charge in [-0.05, 0) is 36.2 Å². The zero-order chi connectivity index (χ0) is 13.9. The van der Waals surface area contributed by atoms with Crippen LogP contribution in [0.1, 0.15) is 65.0 Å². The molecule has 0 bridgehead atoms. The summed E-state index contributed by atoms with van der Waals surface area (Å²) in [5, 5.41) is 3.93. The predicted molar refractivity (Wildman–Crippen MR) is 83.2 cm³/mol. The van der Waals surface area contributed by atoms with Gasteiger partial charge >= 0.3 is 0 Å². The molecule has 1 heteroatoms. The molecule has 1 fully saturated rings. The highest BCUT2D eigenvalue weighted by Crippen LogP contribution is 2.36. The van der Waals surface area contributed by atoms with E-state index in [-0.39, 0.29) is 0 Å². The number of rotatable bonds is 4. The third-order valence-electron chi connectivity index (χ3n) is 4.45. The lowest BCUT2D eigenvalue weighted by Gasteiger charge is -2.38. The molecule has 2 rings (SSSR count). The average molecular weight is 259 g/mol. The summed E-state index contributed by atoms with van der Waals surface area (Å²) in [6, 6.07) is 12.1. The second kappa shape index (κ2) is 6.09. The van der Waals surface area contributed by atoms with E-state index in [0.717, 1.165) is 0 Å². The van der Waals surface area contributed by atoms with Crippen molar-refractivity contribution >= 4 is 0 Å². The summed E-state index contributed by atoms with van der Waals surface area (Å²) in [5.41, 5.74) is 1.94. The van der Waals surface area contributed by atoms with Crippen LogP contribution in [0.15, 0.2) is 30.3 Å². The zero-order valence-corrected chi connectivity index (χ0v) is 12.9. The first-order chi connectivity index (χ1) is 8.98. The van der Waals surface area contributed by atoms with Crippen molar-refractivity contribution in [1.29, 1.82) is 0 Å². The second-order valence-electron chi connectivity index (χ2n) is 7.26. The summed E-state index contributed by atoms with van der Waals surface area (Å²) in [5.74, 6) is 0.632. The van der Waals surface area contributed by atoms with Crippen LogP contribution in [0, 0.1) is 11.3 Å². The number of benzene rings is 1. The van der Waals surface area contributed by atoms with Gasteiger partial charge in [-0.25, -0.2) is 0 Å². The van der Waals surface area contributed by atoms with Gasteiger partial charge in [0.25, 0.3) is 0 Å². The quantitative estimate of drug-likeness (QED) is 0.807. The first-order valence-corrected chi connectivity index (χ1v) is 7.79. The van der Waals surface area contributed by atoms with Gasteiger partial charge in [0.05, 0.1) is 0 Å². The van der Waals surface area contributed by atoms with Gasteiger partial charge in [-0.2, -0.15) is 0 Å². The largest absolute Gasteiger partial charge is 0.307 e. The first kappa shape index (κ1) is 14.6. The number of hydrogen-bond acceptors (Lipinski definition) is 1. The molecule has 0 spiro atoms. The SMILES string of the molecule is CC(C)C(NC1CCCC(C)(C)C1)c1ccccc1. The van der Waals surface area contributed by atoms with Gasteiger partial charge in [-0.15, -0.1) is 0 Å². The fourth-order valence-corrected chi connectivity index (χ4v) is 3.43. The van der Waals surface area contributed by atoms with Crippen molar-refractivity contribution in [2.45, 2.75) is 65.5 Å². The molecular weight excluding hydrogens is 230 g/mol. The molecule has 106 valence electrons. The van der Waals surface area contributed by atoms with E-state index in [9.17, 15) is 0 Å². The molecule has 2 unspecified atom stereocenters. The number of hydrogen-bond donors (Lipinski definition) is 1. The Bertz CT molecular complexity index is 380. The Morgan fingerprint density at radius 1 is 1.16 bits per heavy atom. The third kappa shape index (κ3) is 4.07. The molecule has 1 nitrogen and oxygen atoms in total. The molecule has 0 aromatic heterocycles. The Morgan fingerprint density at radius 3 is 2.42 bits per heavy atom. The van der Waals surface area contributed by atoms with Crippen molar-refractivity contribution in [3.05, 3.63) is 35.9 Å². The van der Waals surface area contributed by atoms with Crippen LogP contribution in [0.3, 0.4) is 0 Å². The highest BCUT2D eigenvalue weighted by molar-refractivity contribution is 5.19. The van der Waals surface area contributed by atoms with Crippen molar-refractivity contribution in [2.24, 2.45) is 11.3 Å². The Hall–Kier alpha value is -0.820. The lowest BCUT2D eigenvalue weighted by atomic mass is 9.74. The average Bonchev–Trinajstić information content (AvgIpc) is 2.35. The van der Waals surface area contributed by atoms with E-state index in [1.165, 1.54) is 31.2 Å². The molecule has 1 aliphatic rings. The summed E-state index contributed by atoms with van der Waals surface area (Å²) in [4.78, 5) is 0. The van der Waals surface area contributed by atoms with Gasteiger partial charge in [0, 0.05) is 12.1 Å². The van der Waals surface area contributed by atoms with E-state index in [1.54, 1.807) is 0 Å². The maximum absolute atomic E-state index is 3.93. The van der Waals surface area contributed by atoms with Gasteiger partial charge in [0.2, 0.25) is 0 Å². The standard InChI is InChI=1S/C18H29N/c1-14(2)17(15-9-6-5-7-10-15)19-16-11-8-12-18(3,4)13-16/h5-7,9-10,14,16-17,19H,8,11-13H2,1-4H3. The minimum absolute atomic E-state index is 0.486. The first-order valence-electron chi connectivity index (χ1n) is 7.79. The maximum atomic E-state index is 3.93. The maximum Gasteiger partial charge on any atom is 0.0345 e. The molecule has 1 aliphatic carbocycles. The van der Waals surface area contributed by atoms with Crippen molar-refractivity contribution < 1.29 is 0 Å². The molecule has 0 heterocycles. The van der Waals surface area contributed by atoms with Crippen LogP contribution in [0.4, 0.5) is 0 Å². The van der Waals surface area contributed by atoms with Crippen LogP contribution < -0.4 is 5.32 Å². The van der Waals surface area contributed by atoms with Crippen LogP contribution in [0.5, 0.6) is 0 Å². The molecule has 0 aliphatic heterocycles. The topological polar surface area (TPSA) is 12.0 Å². The van der Waals surface area contributed by atoms with E-state index in [0.29, 0.717) is 23.4 Å². The smallest absolute Gasteiger partial charge is 0.0345 e. The van der Waals surface area contributed by atoms with E-state index >= 15 is 0 Å². The van der Waals surface area contributed by atoms with Crippen molar-refractivity contribution in [3.63, 3.8) is 0 Å². The van der Waals surface area contributed by atoms with Crippen LogP contribution in [-0.2, 0) is 0 Å². The van der Waals surface area contributed by atoms with Gasteiger partial charge in [0.15, 0.2) is 0 Å². The molecule has 1 N–H and O–H groups in total. The predicted octanol–water partition coefficient (Wildman–Crippen LogP) is 4.94. The molecule has 19 heavy (non-hydrogen) atoms. The molecule has 0 radical (unpaired) electrons. The highest BCUT2D eigenvalue weighted by atomic mass is 15.0. The Labute approximate surface area is 118 Å². The molecular formula is C18H29N. The summed E-state index contributed by atoms with van der Waals surface area (Å²) in [6.07, 6.45) is 5.38. The van der Waals surface area contributed by atoms with E-state index in [2.05, 4.69) is 63.3 Å². The van der Waals surface area contributed by atoms with Gasteiger partial charge in [-0.3, -0.25) is 0 Å². The minimum atomic E-state index is 0.486. The van der Waals surface area contributed by atoms with Crippen molar-refractivity contribution in [1.82, 2.24) is 5.32 Å². The van der Waals surface area contributed by atoms with Crippen LogP contribution in [0.25, 0.3) is 0 Å². The zero-order valence-electron chi connectivity index (χ0n) is 12.9. The monoisotopic (exact) mass is 259 g/mol. The second-order valence-corrected chi connectivity index (χ2v) is 7.26. The van der Waals surface area contributed by atoms with Crippen LogP contribution >= 0.6 is 0 Å². The Morgan fingerprint density at radius 2 is 1.84 bits per heavy atom. The van der Waals surface area contributed by atoms with Gasteiger partial charge < -0.3 is 5.32 Å². The van der Waals surface area contributed by atoms with E-state index < -0.39 is 0 Å². The van der Waals surface area contributed by atoms with E-state index in [4.69, 9.17) is 0 Å². The fraction of sp³-hybridized carbons (Fsp3) is 0.667. The molecule has 1 aromatic carbocycles. The van der Waals surface area contributed by atoms with Crippen molar-refractivity contribution in [2.75, 3.05) is 0 Å². The normalized spacial score (nSPS) is 24.4. The van der Waals surface area contributed by atoms with E-state index in [1.807, 2.05) is 0 Å². The van der Waals surface area contributed by atoms with Crippen molar-refractivity contribution in [3.8, 4) is 0 Å². The summed E-state index contributed by atoms with van der Waals surface area (Å²) < 4.78 is 0. The van der Waals surface area contributed by atoms with Gasteiger partial charge in [0.1, 0.15) is 0 Å². The Balaban J connectivity index is 2.05. The lowest BCUT2D eigenvalue weighted by molar-refractivity contribution is 0.180. The highest BCUT2D eigenvalue weighted by Gasteiger charge is 2.30. The summed E-state index contributed by atoms with van der Waals surface area (Å²) in [7, 11) is 0. The fourth-order valence-electron chi connectivity index (χ4n) is 3.43. The molecule has 0 amide bonds. The molecule has 1 aromatic rings. The molecule has 1 saturated carbocycles. The Kier molecular flexibility index (Phi) is 4.67.